The second-order valence-corrected chi connectivity index (χ2v) is 4.62. The summed E-state index contributed by atoms with van der Waals surface area (Å²) in [5.74, 6) is -0.950. The Morgan fingerprint density at radius 3 is 1.75 bits per heavy atom. The lowest BCUT2D eigenvalue weighted by Crippen LogP contribution is -2.12. The quantitative estimate of drug-likeness (QED) is 0.472. The van der Waals surface area contributed by atoms with Gasteiger partial charge in [0.25, 0.3) is 0 Å². The Morgan fingerprint density at radius 2 is 1.29 bits per heavy atom. The summed E-state index contributed by atoms with van der Waals surface area (Å²) < 4.78 is 9.40. The van der Waals surface area contributed by atoms with E-state index in [-0.39, 0.29) is 13.5 Å². The third kappa shape index (κ3) is 4.73. The molecule has 24 heavy (non-hydrogen) atoms. The summed E-state index contributed by atoms with van der Waals surface area (Å²) in [7, 11) is 0. The van der Waals surface area contributed by atoms with Crippen molar-refractivity contribution in [3.63, 3.8) is 0 Å². The summed E-state index contributed by atoms with van der Waals surface area (Å²) in [5.41, 5.74) is 12.6. The van der Waals surface area contributed by atoms with Crippen LogP contribution in [0.15, 0.2) is 53.5 Å². The summed E-state index contributed by atoms with van der Waals surface area (Å²) >= 11 is 0. The molecule has 0 saturated carbocycles. The van der Waals surface area contributed by atoms with E-state index in [9.17, 15) is 9.59 Å². The molecule has 0 unspecified atom stereocenters. The molecule has 0 radical (unpaired) electrons. The molecule has 0 bridgehead atoms. The minimum Gasteiger partial charge on any atom is -0.446 e. The minimum atomic E-state index is -0.479. The van der Waals surface area contributed by atoms with E-state index in [4.69, 9.17) is 20.9 Å². The van der Waals surface area contributed by atoms with Crippen molar-refractivity contribution in [2.45, 2.75) is 0 Å². The van der Waals surface area contributed by atoms with Crippen LogP contribution in [-0.4, -0.2) is 31.6 Å². The summed E-state index contributed by atoms with van der Waals surface area (Å²) in [6.45, 7) is -0.315. The predicted octanol–water partition coefficient (Wildman–Crippen LogP) is 1.58. The van der Waals surface area contributed by atoms with Gasteiger partial charge in [-0.15, -0.1) is 0 Å². The lowest BCUT2D eigenvalue weighted by atomic mass is 10.1. The van der Waals surface area contributed by atoms with Crippen LogP contribution in [0.5, 0.6) is 0 Å². The fourth-order valence-electron chi connectivity index (χ4n) is 1.86. The minimum absolute atomic E-state index is 0.156. The molecule has 7 nitrogen and oxygen atoms in total. The van der Waals surface area contributed by atoms with Crippen LogP contribution in [-0.2, 0) is 9.47 Å². The van der Waals surface area contributed by atoms with Crippen LogP contribution in [0.2, 0.25) is 0 Å². The maximum atomic E-state index is 11.5. The summed E-state index contributed by atoms with van der Waals surface area (Å²) in [6, 6.07) is 13.3. The van der Waals surface area contributed by atoms with Gasteiger partial charge in [0.15, 0.2) is 0 Å². The van der Waals surface area contributed by atoms with Gasteiger partial charge in [-0.1, -0.05) is 12.1 Å². The SMILES string of the molecule is NCOC(=O)c1ccc(C=Nc2ccc(C(=O)OCN)cc2)cc1. The Hall–Kier alpha value is -3.03. The highest BCUT2D eigenvalue weighted by Gasteiger charge is 2.06. The predicted molar refractivity (Wildman–Crippen MR) is 89.1 cm³/mol. The Morgan fingerprint density at radius 1 is 0.833 bits per heavy atom. The van der Waals surface area contributed by atoms with Gasteiger partial charge in [-0.25, -0.2) is 9.59 Å². The zero-order chi connectivity index (χ0) is 17.4. The highest BCUT2D eigenvalue weighted by molar-refractivity contribution is 5.91. The van der Waals surface area contributed by atoms with Crippen molar-refractivity contribution >= 4 is 23.8 Å². The van der Waals surface area contributed by atoms with Gasteiger partial charge >= 0.3 is 11.9 Å². The van der Waals surface area contributed by atoms with Crippen LogP contribution in [0, 0.1) is 0 Å². The van der Waals surface area contributed by atoms with Crippen molar-refractivity contribution in [1.82, 2.24) is 0 Å². The molecule has 2 rings (SSSR count). The number of nitrogens with zero attached hydrogens (tertiary/aromatic N) is 1. The largest absolute Gasteiger partial charge is 0.446 e. The molecular formula is C17H17N3O4. The molecule has 0 aromatic heterocycles. The number of hydrogen-bond donors (Lipinski definition) is 2. The fourth-order valence-corrected chi connectivity index (χ4v) is 1.86. The Balaban J connectivity index is 2.02. The molecule has 7 heteroatoms. The lowest BCUT2D eigenvalue weighted by molar-refractivity contribution is 0.0505. The first-order valence-electron chi connectivity index (χ1n) is 7.12. The molecule has 0 aliphatic carbocycles. The van der Waals surface area contributed by atoms with Crippen LogP contribution >= 0.6 is 0 Å². The molecular weight excluding hydrogens is 310 g/mol. The van der Waals surface area contributed by atoms with Gasteiger partial charge in [-0.2, -0.15) is 0 Å². The molecule has 0 fully saturated rings. The van der Waals surface area contributed by atoms with Crippen molar-refractivity contribution in [3.05, 3.63) is 65.2 Å². The van der Waals surface area contributed by atoms with Crippen LogP contribution < -0.4 is 11.5 Å². The summed E-state index contributed by atoms with van der Waals surface area (Å²) in [4.78, 5) is 27.3. The van der Waals surface area contributed by atoms with Crippen molar-refractivity contribution < 1.29 is 19.1 Å². The monoisotopic (exact) mass is 327 g/mol. The number of rotatable bonds is 6. The number of esters is 2. The van der Waals surface area contributed by atoms with Crippen LogP contribution in [0.1, 0.15) is 26.3 Å². The average molecular weight is 327 g/mol. The lowest BCUT2D eigenvalue weighted by Gasteiger charge is -2.02. The van der Waals surface area contributed by atoms with E-state index in [1.165, 1.54) is 0 Å². The standard InChI is InChI=1S/C17H17N3O4/c18-10-23-16(21)13-3-1-12(2-4-13)9-20-15-7-5-14(6-8-15)17(22)24-11-19/h1-9H,10-11,18-19H2. The average Bonchev–Trinajstić information content (AvgIpc) is 2.61. The molecule has 4 N–H and O–H groups in total. The van der Waals surface area contributed by atoms with Crippen molar-refractivity contribution in [1.29, 1.82) is 0 Å². The highest BCUT2D eigenvalue weighted by atomic mass is 16.5. The third-order valence-electron chi connectivity index (χ3n) is 3.04. The molecule has 0 amide bonds. The topological polar surface area (TPSA) is 117 Å². The molecule has 0 heterocycles. The zero-order valence-corrected chi connectivity index (χ0v) is 12.8. The number of aliphatic imine (C=N–C) groups is 1. The number of hydrogen-bond acceptors (Lipinski definition) is 7. The van der Waals surface area contributed by atoms with E-state index in [0.717, 1.165) is 5.56 Å². The molecule has 0 aliphatic rings. The number of nitrogens with two attached hydrogens (primary N) is 2. The third-order valence-corrected chi connectivity index (χ3v) is 3.04. The number of benzene rings is 2. The molecule has 0 saturated heterocycles. The molecule has 2 aromatic carbocycles. The summed E-state index contributed by atoms with van der Waals surface area (Å²) in [5, 5.41) is 0. The van der Waals surface area contributed by atoms with Gasteiger partial charge in [0.1, 0.15) is 13.5 Å². The second kappa shape index (κ2) is 8.56. The molecule has 0 spiro atoms. The van der Waals surface area contributed by atoms with Gasteiger partial charge in [0.05, 0.1) is 16.8 Å². The van der Waals surface area contributed by atoms with E-state index >= 15 is 0 Å². The van der Waals surface area contributed by atoms with Gasteiger partial charge in [0.2, 0.25) is 0 Å². The van der Waals surface area contributed by atoms with Crippen LogP contribution in [0.4, 0.5) is 5.69 Å². The van der Waals surface area contributed by atoms with E-state index in [2.05, 4.69) is 4.99 Å². The maximum absolute atomic E-state index is 11.5. The first-order chi connectivity index (χ1) is 11.6. The van der Waals surface area contributed by atoms with Gasteiger partial charge in [-0.05, 0) is 42.0 Å². The maximum Gasteiger partial charge on any atom is 0.339 e. The zero-order valence-electron chi connectivity index (χ0n) is 12.8. The highest BCUT2D eigenvalue weighted by Crippen LogP contribution is 2.14. The first kappa shape index (κ1) is 17.3. The molecule has 0 aliphatic heterocycles. The van der Waals surface area contributed by atoms with Crippen molar-refractivity contribution in [2.24, 2.45) is 16.5 Å². The fraction of sp³-hybridized carbons (Fsp3) is 0.118. The Labute approximate surface area is 138 Å². The number of carbonyl (C=O) groups excluding carboxylic acids is 2. The number of carbonyl (C=O) groups is 2. The first-order valence-corrected chi connectivity index (χ1v) is 7.12. The van der Waals surface area contributed by atoms with Crippen molar-refractivity contribution in [3.8, 4) is 0 Å². The van der Waals surface area contributed by atoms with Gasteiger partial charge in [0, 0.05) is 6.21 Å². The van der Waals surface area contributed by atoms with Crippen LogP contribution in [0.3, 0.4) is 0 Å². The Kier molecular flexibility index (Phi) is 6.18. The van der Waals surface area contributed by atoms with E-state index in [1.807, 2.05) is 0 Å². The summed E-state index contributed by atoms with van der Waals surface area (Å²) in [6.07, 6.45) is 1.64. The van der Waals surface area contributed by atoms with Gasteiger partial charge < -0.3 is 9.47 Å². The molecule has 0 atom stereocenters. The normalized spacial score (nSPS) is 10.6. The Bertz CT molecular complexity index is 661. The van der Waals surface area contributed by atoms with E-state index in [1.54, 1.807) is 54.7 Å². The second-order valence-electron chi connectivity index (χ2n) is 4.62. The smallest absolute Gasteiger partial charge is 0.339 e. The van der Waals surface area contributed by atoms with Crippen molar-refractivity contribution in [2.75, 3.05) is 13.5 Å². The van der Waals surface area contributed by atoms with E-state index < -0.39 is 11.9 Å². The van der Waals surface area contributed by atoms with Gasteiger partial charge in [-0.3, -0.25) is 16.5 Å². The van der Waals surface area contributed by atoms with E-state index in [0.29, 0.717) is 16.8 Å². The molecule has 2 aromatic rings. The number of ether oxygens (including phenoxy) is 2. The van der Waals surface area contributed by atoms with Crippen LogP contribution in [0.25, 0.3) is 0 Å². The molecule has 124 valence electrons.